The minimum atomic E-state index is -0.166. The molecular formula is C16H14N2O2S2. The molecule has 0 saturated carbocycles. The SMILES string of the molecule is O=C(CSc1nc2ccccc2s1)NOCc1ccccc1. The molecular weight excluding hydrogens is 316 g/mol. The van der Waals surface area contributed by atoms with E-state index in [4.69, 9.17) is 4.84 Å². The molecule has 2 aromatic carbocycles. The van der Waals surface area contributed by atoms with Crippen LogP contribution < -0.4 is 5.48 Å². The number of carbonyl (C=O) groups is 1. The van der Waals surface area contributed by atoms with E-state index in [2.05, 4.69) is 10.5 Å². The number of hydrogen-bond acceptors (Lipinski definition) is 5. The van der Waals surface area contributed by atoms with Crippen molar-refractivity contribution < 1.29 is 9.63 Å². The first-order valence-electron chi connectivity index (χ1n) is 6.74. The number of rotatable bonds is 6. The molecule has 4 nitrogen and oxygen atoms in total. The van der Waals surface area contributed by atoms with Crippen molar-refractivity contribution in [2.45, 2.75) is 10.9 Å². The highest BCUT2D eigenvalue weighted by atomic mass is 32.2. The summed E-state index contributed by atoms with van der Waals surface area (Å²) in [5.74, 6) is 0.120. The summed E-state index contributed by atoms with van der Waals surface area (Å²) in [5.41, 5.74) is 4.44. The maximum absolute atomic E-state index is 11.7. The van der Waals surface area contributed by atoms with Gasteiger partial charge in [-0.1, -0.05) is 54.2 Å². The van der Waals surface area contributed by atoms with Crippen molar-refractivity contribution >= 4 is 39.2 Å². The molecule has 1 heterocycles. The zero-order chi connectivity index (χ0) is 15.2. The van der Waals surface area contributed by atoms with E-state index in [1.165, 1.54) is 11.8 Å². The standard InChI is InChI=1S/C16H14N2O2S2/c19-15(18-20-10-12-6-2-1-3-7-12)11-21-16-17-13-8-4-5-9-14(13)22-16/h1-9H,10-11H2,(H,18,19). The van der Waals surface area contributed by atoms with Crippen LogP contribution in [0.15, 0.2) is 58.9 Å². The number of aromatic nitrogens is 1. The highest BCUT2D eigenvalue weighted by Gasteiger charge is 2.07. The lowest BCUT2D eigenvalue weighted by Gasteiger charge is -2.05. The maximum atomic E-state index is 11.7. The molecule has 22 heavy (non-hydrogen) atoms. The predicted octanol–water partition coefficient (Wildman–Crippen LogP) is 3.64. The van der Waals surface area contributed by atoms with Crippen molar-refractivity contribution in [3.63, 3.8) is 0 Å². The van der Waals surface area contributed by atoms with Gasteiger partial charge in [-0.15, -0.1) is 11.3 Å². The van der Waals surface area contributed by atoms with Crippen LogP contribution in [0.5, 0.6) is 0 Å². The Morgan fingerprint density at radius 2 is 1.91 bits per heavy atom. The number of nitrogens with zero attached hydrogens (tertiary/aromatic N) is 1. The Bertz CT molecular complexity index is 726. The number of thiazole rings is 1. The van der Waals surface area contributed by atoms with Gasteiger partial charge < -0.3 is 0 Å². The lowest BCUT2D eigenvalue weighted by Crippen LogP contribution is -2.25. The molecule has 0 bridgehead atoms. The lowest BCUT2D eigenvalue weighted by molar-refractivity contribution is -0.131. The summed E-state index contributed by atoms with van der Waals surface area (Å²) in [6.45, 7) is 0.360. The number of hydroxylamine groups is 1. The van der Waals surface area contributed by atoms with Gasteiger partial charge in [0.2, 0.25) is 0 Å². The molecule has 0 saturated heterocycles. The van der Waals surface area contributed by atoms with Crippen LogP contribution in [0.2, 0.25) is 0 Å². The maximum Gasteiger partial charge on any atom is 0.253 e. The number of para-hydroxylation sites is 1. The molecule has 0 fully saturated rings. The van der Waals surface area contributed by atoms with E-state index in [0.29, 0.717) is 6.61 Å². The summed E-state index contributed by atoms with van der Waals surface area (Å²) < 4.78 is 2.02. The van der Waals surface area contributed by atoms with Crippen LogP contribution >= 0.6 is 23.1 Å². The summed E-state index contributed by atoms with van der Waals surface area (Å²) in [7, 11) is 0. The van der Waals surface area contributed by atoms with E-state index in [0.717, 1.165) is 20.1 Å². The van der Waals surface area contributed by atoms with Crippen LogP contribution in [-0.4, -0.2) is 16.6 Å². The minimum Gasteiger partial charge on any atom is -0.272 e. The van der Waals surface area contributed by atoms with Gasteiger partial charge in [-0.3, -0.25) is 9.63 Å². The fraction of sp³-hybridized carbons (Fsp3) is 0.125. The van der Waals surface area contributed by atoms with Crippen molar-refractivity contribution in [2.75, 3.05) is 5.75 Å². The van der Waals surface area contributed by atoms with Gasteiger partial charge in [-0.25, -0.2) is 10.5 Å². The third-order valence-corrected chi connectivity index (χ3v) is 5.05. The second kappa shape index (κ2) is 7.40. The summed E-state index contributed by atoms with van der Waals surface area (Å²) in [6.07, 6.45) is 0. The van der Waals surface area contributed by atoms with Crippen molar-refractivity contribution in [2.24, 2.45) is 0 Å². The van der Waals surface area contributed by atoms with E-state index >= 15 is 0 Å². The molecule has 0 aliphatic carbocycles. The molecule has 1 amide bonds. The number of hydrogen-bond donors (Lipinski definition) is 1. The van der Waals surface area contributed by atoms with E-state index in [1.807, 2.05) is 54.6 Å². The first-order chi connectivity index (χ1) is 10.8. The van der Waals surface area contributed by atoms with Crippen LogP contribution in [0.1, 0.15) is 5.56 Å². The molecule has 1 N–H and O–H groups in total. The highest BCUT2D eigenvalue weighted by Crippen LogP contribution is 2.28. The zero-order valence-electron chi connectivity index (χ0n) is 11.7. The van der Waals surface area contributed by atoms with Crippen LogP contribution in [0.4, 0.5) is 0 Å². The van der Waals surface area contributed by atoms with Gasteiger partial charge in [0.05, 0.1) is 22.6 Å². The van der Waals surface area contributed by atoms with Gasteiger partial charge in [0.1, 0.15) is 0 Å². The van der Waals surface area contributed by atoms with E-state index in [-0.39, 0.29) is 11.7 Å². The van der Waals surface area contributed by atoms with Crippen molar-refractivity contribution in [3.8, 4) is 0 Å². The van der Waals surface area contributed by atoms with Crippen molar-refractivity contribution in [3.05, 3.63) is 60.2 Å². The van der Waals surface area contributed by atoms with Gasteiger partial charge in [0, 0.05) is 0 Å². The van der Waals surface area contributed by atoms with Gasteiger partial charge in [-0.05, 0) is 17.7 Å². The Labute approximate surface area is 136 Å². The average Bonchev–Trinajstić information content (AvgIpc) is 2.97. The van der Waals surface area contributed by atoms with Crippen LogP contribution in [0.25, 0.3) is 10.2 Å². The normalized spacial score (nSPS) is 10.7. The third-order valence-electron chi connectivity index (χ3n) is 2.87. The molecule has 0 radical (unpaired) electrons. The van der Waals surface area contributed by atoms with E-state index < -0.39 is 0 Å². The molecule has 1 aromatic heterocycles. The summed E-state index contributed by atoms with van der Waals surface area (Å²) in [4.78, 5) is 21.4. The van der Waals surface area contributed by atoms with E-state index in [1.54, 1.807) is 11.3 Å². The first-order valence-corrected chi connectivity index (χ1v) is 8.54. The second-order valence-corrected chi connectivity index (χ2v) is 6.79. The number of carbonyl (C=O) groups excluding carboxylic acids is 1. The fourth-order valence-corrected chi connectivity index (χ4v) is 3.70. The molecule has 3 rings (SSSR count). The molecule has 6 heteroatoms. The lowest BCUT2D eigenvalue weighted by atomic mass is 10.2. The Balaban J connectivity index is 1.44. The summed E-state index contributed by atoms with van der Waals surface area (Å²) in [5, 5.41) is 0. The Morgan fingerprint density at radius 3 is 2.73 bits per heavy atom. The smallest absolute Gasteiger partial charge is 0.253 e. The Morgan fingerprint density at radius 1 is 1.14 bits per heavy atom. The third kappa shape index (κ3) is 4.07. The van der Waals surface area contributed by atoms with Crippen molar-refractivity contribution in [1.82, 2.24) is 10.5 Å². The average molecular weight is 330 g/mol. The molecule has 0 spiro atoms. The highest BCUT2D eigenvalue weighted by molar-refractivity contribution is 8.01. The van der Waals surface area contributed by atoms with Crippen molar-refractivity contribution in [1.29, 1.82) is 0 Å². The zero-order valence-corrected chi connectivity index (χ0v) is 13.3. The minimum absolute atomic E-state index is 0.166. The fourth-order valence-electron chi connectivity index (χ4n) is 1.84. The molecule has 0 aliphatic heterocycles. The van der Waals surface area contributed by atoms with E-state index in [9.17, 15) is 4.79 Å². The summed E-state index contributed by atoms with van der Waals surface area (Å²) >= 11 is 3.01. The topological polar surface area (TPSA) is 51.2 Å². The molecule has 3 aromatic rings. The second-order valence-electron chi connectivity index (χ2n) is 4.54. The summed E-state index contributed by atoms with van der Waals surface area (Å²) in [6, 6.07) is 17.6. The first kappa shape index (κ1) is 15.0. The largest absolute Gasteiger partial charge is 0.272 e. The quantitative estimate of drug-likeness (QED) is 0.554. The van der Waals surface area contributed by atoms with Gasteiger partial charge in [0.15, 0.2) is 4.34 Å². The van der Waals surface area contributed by atoms with Gasteiger partial charge in [0.25, 0.3) is 5.91 Å². The molecule has 0 atom stereocenters. The number of benzene rings is 2. The molecule has 112 valence electrons. The molecule has 0 aliphatic rings. The molecule has 0 unspecified atom stereocenters. The number of amides is 1. The van der Waals surface area contributed by atoms with Crippen LogP contribution in [0, 0.1) is 0 Å². The monoisotopic (exact) mass is 330 g/mol. The number of thioether (sulfide) groups is 1. The van der Waals surface area contributed by atoms with Crippen LogP contribution in [0.3, 0.4) is 0 Å². The van der Waals surface area contributed by atoms with Gasteiger partial charge >= 0.3 is 0 Å². The van der Waals surface area contributed by atoms with Crippen LogP contribution in [-0.2, 0) is 16.2 Å². The number of nitrogens with one attached hydrogen (secondary N) is 1. The van der Waals surface area contributed by atoms with Gasteiger partial charge in [-0.2, -0.15) is 0 Å². The Hall–Kier alpha value is -1.89. The number of fused-ring (bicyclic) bond motifs is 1. The Kier molecular flexibility index (Phi) is 5.05. The predicted molar refractivity (Wildman–Crippen MR) is 89.7 cm³/mol.